The number of carbonyl (C=O) groups is 3. The zero-order chi connectivity index (χ0) is 19.3. The molecule has 0 radical (unpaired) electrons. The van der Waals surface area contributed by atoms with E-state index in [9.17, 15) is 14.4 Å². The van der Waals surface area contributed by atoms with Crippen LogP contribution in [-0.4, -0.2) is 47.3 Å². The van der Waals surface area contributed by atoms with E-state index in [0.29, 0.717) is 18.7 Å². The Balaban J connectivity index is 2.10. The van der Waals surface area contributed by atoms with Gasteiger partial charge in [-0.05, 0) is 37.8 Å². The van der Waals surface area contributed by atoms with E-state index in [1.807, 2.05) is 32.0 Å². The Labute approximate surface area is 154 Å². The summed E-state index contributed by atoms with van der Waals surface area (Å²) in [5.41, 5.74) is 6.30. The molecule has 2 unspecified atom stereocenters. The Morgan fingerprint density at radius 1 is 1.15 bits per heavy atom. The van der Waals surface area contributed by atoms with Crippen molar-refractivity contribution >= 4 is 23.4 Å². The first-order chi connectivity index (χ1) is 12.3. The maximum atomic E-state index is 13.0. The fraction of sp³-hybridized carbons (Fsp3) is 0.526. The van der Waals surface area contributed by atoms with Crippen molar-refractivity contribution in [3.05, 3.63) is 30.3 Å². The van der Waals surface area contributed by atoms with Gasteiger partial charge in [-0.3, -0.25) is 14.4 Å². The van der Waals surface area contributed by atoms with Crippen molar-refractivity contribution in [1.82, 2.24) is 10.2 Å². The minimum atomic E-state index is -0.696. The van der Waals surface area contributed by atoms with Crippen LogP contribution in [0.25, 0.3) is 0 Å². The molecule has 4 N–H and O–H groups in total. The molecule has 1 aliphatic heterocycles. The third kappa shape index (κ3) is 4.82. The number of para-hydroxylation sites is 1. The van der Waals surface area contributed by atoms with Crippen molar-refractivity contribution in [3.8, 4) is 0 Å². The third-order valence-corrected chi connectivity index (χ3v) is 4.52. The quantitative estimate of drug-likeness (QED) is 0.706. The van der Waals surface area contributed by atoms with Crippen molar-refractivity contribution in [2.24, 2.45) is 11.7 Å². The van der Waals surface area contributed by atoms with Gasteiger partial charge < -0.3 is 21.3 Å². The van der Waals surface area contributed by atoms with Crippen molar-refractivity contribution in [3.63, 3.8) is 0 Å². The molecule has 0 aliphatic carbocycles. The molecular formula is C19H28N4O3. The van der Waals surface area contributed by atoms with Crippen LogP contribution in [0.3, 0.4) is 0 Å². The van der Waals surface area contributed by atoms with Crippen molar-refractivity contribution < 1.29 is 14.4 Å². The van der Waals surface area contributed by atoms with Gasteiger partial charge in [0.15, 0.2) is 0 Å². The largest absolute Gasteiger partial charge is 0.343 e. The monoisotopic (exact) mass is 360 g/mol. The molecule has 7 heteroatoms. The molecule has 142 valence electrons. The minimum Gasteiger partial charge on any atom is -0.343 e. The van der Waals surface area contributed by atoms with Crippen LogP contribution in [0.15, 0.2) is 30.3 Å². The molecule has 0 aromatic heterocycles. The van der Waals surface area contributed by atoms with Crippen LogP contribution in [0.2, 0.25) is 0 Å². The van der Waals surface area contributed by atoms with Crippen molar-refractivity contribution in [2.45, 2.75) is 51.7 Å². The topological polar surface area (TPSA) is 105 Å². The Kier molecular flexibility index (Phi) is 6.74. The molecule has 1 saturated heterocycles. The van der Waals surface area contributed by atoms with E-state index < -0.39 is 18.1 Å². The maximum Gasteiger partial charge on any atom is 0.247 e. The molecule has 1 aromatic carbocycles. The number of nitrogens with two attached hydrogens (primary N) is 1. The van der Waals surface area contributed by atoms with Gasteiger partial charge in [0, 0.05) is 12.2 Å². The summed E-state index contributed by atoms with van der Waals surface area (Å²) in [4.78, 5) is 39.2. The summed E-state index contributed by atoms with van der Waals surface area (Å²) in [6.45, 7) is 5.80. The van der Waals surface area contributed by atoms with Gasteiger partial charge in [-0.2, -0.15) is 0 Å². The normalized spacial score (nSPS) is 19.1. The zero-order valence-electron chi connectivity index (χ0n) is 15.6. The molecule has 2 rings (SSSR count). The number of nitrogens with one attached hydrogen (secondary N) is 2. The number of likely N-dealkylation sites (tertiary alicyclic amines) is 1. The van der Waals surface area contributed by atoms with Gasteiger partial charge in [0.2, 0.25) is 17.7 Å². The number of benzene rings is 1. The third-order valence-electron chi connectivity index (χ3n) is 4.52. The first kappa shape index (κ1) is 19.9. The second-order valence-corrected chi connectivity index (χ2v) is 7.06. The second-order valence-electron chi connectivity index (χ2n) is 7.06. The zero-order valence-corrected chi connectivity index (χ0v) is 15.6. The van der Waals surface area contributed by atoms with Crippen molar-refractivity contribution in [2.75, 3.05) is 11.9 Å². The molecule has 1 aliphatic rings. The predicted molar refractivity (Wildman–Crippen MR) is 100 cm³/mol. The molecule has 1 aromatic rings. The molecule has 3 amide bonds. The van der Waals surface area contributed by atoms with E-state index in [2.05, 4.69) is 10.6 Å². The summed E-state index contributed by atoms with van der Waals surface area (Å²) in [6, 6.07) is 7.24. The van der Waals surface area contributed by atoms with Gasteiger partial charge in [0.1, 0.15) is 12.1 Å². The summed E-state index contributed by atoms with van der Waals surface area (Å²) in [5, 5.41) is 5.57. The van der Waals surface area contributed by atoms with E-state index in [-0.39, 0.29) is 23.6 Å². The summed E-state index contributed by atoms with van der Waals surface area (Å²) in [5.74, 6) is -0.923. The lowest BCUT2D eigenvalue weighted by molar-refractivity contribution is -0.141. The lowest BCUT2D eigenvalue weighted by atomic mass is 10.0. The van der Waals surface area contributed by atoms with Gasteiger partial charge in [0.25, 0.3) is 0 Å². The SMILES string of the molecule is CC(N)C(=O)NC(C(=O)N1CCC[C@H]1C(=O)Nc1ccccc1)C(C)C. The Bertz CT molecular complexity index is 645. The smallest absolute Gasteiger partial charge is 0.247 e. The average Bonchev–Trinajstić information content (AvgIpc) is 3.09. The minimum absolute atomic E-state index is 0.108. The number of hydrogen-bond donors (Lipinski definition) is 3. The molecule has 0 saturated carbocycles. The van der Waals surface area contributed by atoms with Gasteiger partial charge in [-0.15, -0.1) is 0 Å². The fourth-order valence-corrected chi connectivity index (χ4v) is 3.03. The van der Waals surface area contributed by atoms with Gasteiger partial charge in [-0.1, -0.05) is 32.0 Å². The molecule has 0 spiro atoms. The molecular weight excluding hydrogens is 332 g/mol. The maximum absolute atomic E-state index is 13.0. The van der Waals surface area contributed by atoms with Crippen LogP contribution in [0.4, 0.5) is 5.69 Å². The van der Waals surface area contributed by atoms with Crippen LogP contribution in [0.5, 0.6) is 0 Å². The second kappa shape index (κ2) is 8.80. The molecule has 7 nitrogen and oxygen atoms in total. The summed E-state index contributed by atoms with van der Waals surface area (Å²) in [7, 11) is 0. The number of carbonyl (C=O) groups excluding carboxylic acids is 3. The number of amides is 3. The highest BCUT2D eigenvalue weighted by molar-refractivity contribution is 5.99. The highest BCUT2D eigenvalue weighted by Gasteiger charge is 2.38. The average molecular weight is 360 g/mol. The Morgan fingerprint density at radius 3 is 2.38 bits per heavy atom. The number of rotatable bonds is 6. The highest BCUT2D eigenvalue weighted by atomic mass is 16.2. The summed E-state index contributed by atoms with van der Waals surface area (Å²) in [6.07, 6.45) is 1.36. The first-order valence-electron chi connectivity index (χ1n) is 9.03. The lowest BCUT2D eigenvalue weighted by Crippen LogP contribution is -2.56. The molecule has 3 atom stereocenters. The standard InChI is InChI=1S/C19H28N4O3/c1-12(2)16(22-17(24)13(3)20)19(26)23-11-7-10-15(23)18(25)21-14-8-5-4-6-9-14/h4-6,8-9,12-13,15-16H,7,10-11,20H2,1-3H3,(H,21,25)(H,22,24)/t13?,15-,16?/m0/s1. The van der Waals surface area contributed by atoms with Gasteiger partial charge in [0.05, 0.1) is 6.04 Å². The molecule has 1 heterocycles. The van der Waals surface area contributed by atoms with E-state index in [1.165, 1.54) is 0 Å². The Morgan fingerprint density at radius 2 is 1.81 bits per heavy atom. The van der Waals surface area contributed by atoms with E-state index in [0.717, 1.165) is 6.42 Å². The van der Waals surface area contributed by atoms with Crippen LogP contribution in [-0.2, 0) is 14.4 Å². The lowest BCUT2D eigenvalue weighted by Gasteiger charge is -2.30. The van der Waals surface area contributed by atoms with E-state index in [1.54, 1.807) is 24.0 Å². The molecule has 1 fully saturated rings. The van der Waals surface area contributed by atoms with Crippen molar-refractivity contribution in [1.29, 1.82) is 0 Å². The van der Waals surface area contributed by atoms with Crippen LogP contribution < -0.4 is 16.4 Å². The summed E-state index contributed by atoms with van der Waals surface area (Å²) >= 11 is 0. The number of anilines is 1. The van der Waals surface area contributed by atoms with Crippen LogP contribution in [0.1, 0.15) is 33.6 Å². The van der Waals surface area contributed by atoms with E-state index in [4.69, 9.17) is 5.73 Å². The predicted octanol–water partition coefficient (Wildman–Crippen LogP) is 1.10. The van der Waals surface area contributed by atoms with Crippen LogP contribution >= 0.6 is 0 Å². The van der Waals surface area contributed by atoms with Crippen LogP contribution in [0, 0.1) is 5.92 Å². The van der Waals surface area contributed by atoms with Gasteiger partial charge >= 0.3 is 0 Å². The molecule has 0 bridgehead atoms. The molecule has 26 heavy (non-hydrogen) atoms. The Hall–Kier alpha value is -2.41. The highest BCUT2D eigenvalue weighted by Crippen LogP contribution is 2.22. The summed E-state index contributed by atoms with van der Waals surface area (Å²) < 4.78 is 0. The number of nitrogens with zero attached hydrogens (tertiary/aromatic N) is 1. The first-order valence-corrected chi connectivity index (χ1v) is 9.03. The number of hydrogen-bond acceptors (Lipinski definition) is 4. The fourth-order valence-electron chi connectivity index (χ4n) is 3.03. The van der Waals surface area contributed by atoms with Gasteiger partial charge in [-0.25, -0.2) is 0 Å². The van der Waals surface area contributed by atoms with E-state index >= 15 is 0 Å².